The summed E-state index contributed by atoms with van der Waals surface area (Å²) in [6.07, 6.45) is 1.14. The second kappa shape index (κ2) is 5.29. The quantitative estimate of drug-likeness (QED) is 0.890. The second-order valence-corrected chi connectivity index (χ2v) is 5.94. The third kappa shape index (κ3) is 2.87. The average Bonchev–Trinajstić information content (AvgIpc) is 2.83. The standard InChI is InChI=1S/C14H19ClN2O2/c1-14(2-3-16-8-14)17-6-10-4-12(15)5-11-7-18-9-19-13(10)11/h4-5,16-17H,2-3,6-9H2,1H3. The van der Waals surface area contributed by atoms with Crippen molar-refractivity contribution in [2.45, 2.75) is 32.0 Å². The molecule has 0 aromatic heterocycles. The van der Waals surface area contributed by atoms with Gasteiger partial charge in [0, 0.05) is 34.8 Å². The summed E-state index contributed by atoms with van der Waals surface area (Å²) in [6.45, 7) is 5.97. The minimum absolute atomic E-state index is 0.153. The molecule has 2 N–H and O–H groups in total. The van der Waals surface area contributed by atoms with Gasteiger partial charge < -0.3 is 20.1 Å². The maximum absolute atomic E-state index is 6.16. The minimum Gasteiger partial charge on any atom is -0.467 e. The summed E-state index contributed by atoms with van der Waals surface area (Å²) in [5, 5.41) is 7.73. The van der Waals surface area contributed by atoms with E-state index in [2.05, 4.69) is 17.6 Å². The molecule has 4 nitrogen and oxygen atoms in total. The SMILES string of the molecule is CC1(NCc2cc(Cl)cc3c2OCOC3)CCNC1. The highest BCUT2D eigenvalue weighted by Gasteiger charge is 2.28. The Balaban J connectivity index is 1.78. The highest BCUT2D eigenvalue weighted by Crippen LogP contribution is 2.32. The van der Waals surface area contributed by atoms with E-state index in [0.29, 0.717) is 13.4 Å². The van der Waals surface area contributed by atoms with Crippen molar-refractivity contribution in [2.75, 3.05) is 19.9 Å². The zero-order chi connectivity index (χ0) is 13.3. The maximum atomic E-state index is 6.16. The third-order valence-corrected chi connectivity index (χ3v) is 4.04. The predicted octanol–water partition coefficient (Wildman–Crippen LogP) is 2.05. The molecule has 1 fully saturated rings. The van der Waals surface area contributed by atoms with Gasteiger partial charge in [-0.2, -0.15) is 0 Å². The fraction of sp³-hybridized carbons (Fsp3) is 0.571. The number of ether oxygens (including phenoxy) is 2. The summed E-state index contributed by atoms with van der Waals surface area (Å²) in [5.74, 6) is 0.928. The first-order valence-corrected chi connectivity index (χ1v) is 7.02. The summed E-state index contributed by atoms with van der Waals surface area (Å²) in [4.78, 5) is 0. The molecule has 0 amide bonds. The van der Waals surface area contributed by atoms with Gasteiger partial charge in [-0.05, 0) is 32.0 Å². The molecule has 2 heterocycles. The van der Waals surface area contributed by atoms with Gasteiger partial charge in [-0.1, -0.05) is 11.6 Å². The maximum Gasteiger partial charge on any atom is 0.189 e. The van der Waals surface area contributed by atoms with Crippen molar-refractivity contribution in [2.24, 2.45) is 0 Å². The van der Waals surface area contributed by atoms with Crippen LogP contribution < -0.4 is 15.4 Å². The first-order chi connectivity index (χ1) is 9.16. The number of rotatable bonds is 3. The molecular weight excluding hydrogens is 264 g/mol. The highest BCUT2D eigenvalue weighted by molar-refractivity contribution is 6.30. The van der Waals surface area contributed by atoms with E-state index in [4.69, 9.17) is 21.1 Å². The summed E-state index contributed by atoms with van der Waals surface area (Å²) in [5.41, 5.74) is 2.30. The summed E-state index contributed by atoms with van der Waals surface area (Å²) in [6, 6.07) is 3.89. The monoisotopic (exact) mass is 282 g/mol. The molecule has 2 aliphatic heterocycles. The van der Waals surface area contributed by atoms with Crippen molar-refractivity contribution in [1.29, 1.82) is 0 Å². The molecule has 0 spiro atoms. The molecule has 2 aliphatic rings. The number of fused-ring (bicyclic) bond motifs is 1. The Morgan fingerprint density at radius 2 is 2.37 bits per heavy atom. The van der Waals surface area contributed by atoms with Crippen LogP contribution in [0.1, 0.15) is 24.5 Å². The van der Waals surface area contributed by atoms with Crippen LogP contribution in [-0.2, 0) is 17.9 Å². The minimum atomic E-state index is 0.153. The first kappa shape index (κ1) is 13.2. The Labute approximate surface area is 118 Å². The van der Waals surface area contributed by atoms with Gasteiger partial charge in [-0.25, -0.2) is 0 Å². The number of hydrogen-bond donors (Lipinski definition) is 2. The lowest BCUT2D eigenvalue weighted by Crippen LogP contribution is -2.43. The van der Waals surface area contributed by atoms with Crippen molar-refractivity contribution in [3.05, 3.63) is 28.3 Å². The largest absolute Gasteiger partial charge is 0.467 e. The fourth-order valence-corrected chi connectivity index (χ4v) is 2.93. The van der Waals surface area contributed by atoms with Crippen LogP contribution in [0, 0.1) is 0 Å². The Hall–Kier alpha value is -0.810. The van der Waals surface area contributed by atoms with Crippen LogP contribution >= 0.6 is 11.6 Å². The lowest BCUT2D eigenvalue weighted by Gasteiger charge is -2.27. The van der Waals surface area contributed by atoms with Crippen molar-refractivity contribution in [3.63, 3.8) is 0 Å². The predicted molar refractivity (Wildman–Crippen MR) is 74.5 cm³/mol. The van der Waals surface area contributed by atoms with Gasteiger partial charge in [0.2, 0.25) is 0 Å². The molecule has 104 valence electrons. The van der Waals surface area contributed by atoms with E-state index < -0.39 is 0 Å². The second-order valence-electron chi connectivity index (χ2n) is 5.50. The Morgan fingerprint density at radius 1 is 1.47 bits per heavy atom. The third-order valence-electron chi connectivity index (χ3n) is 3.83. The zero-order valence-corrected chi connectivity index (χ0v) is 11.8. The molecule has 0 saturated carbocycles. The number of benzene rings is 1. The topological polar surface area (TPSA) is 42.5 Å². The highest BCUT2D eigenvalue weighted by atomic mass is 35.5. The molecule has 1 unspecified atom stereocenters. The van der Waals surface area contributed by atoms with Crippen LogP contribution in [0.5, 0.6) is 5.75 Å². The van der Waals surface area contributed by atoms with Gasteiger partial charge in [-0.3, -0.25) is 0 Å². The molecule has 5 heteroatoms. The number of nitrogens with one attached hydrogen (secondary N) is 2. The average molecular weight is 283 g/mol. The summed E-state index contributed by atoms with van der Waals surface area (Å²) < 4.78 is 10.9. The van der Waals surface area contributed by atoms with E-state index in [1.54, 1.807) is 0 Å². The van der Waals surface area contributed by atoms with Gasteiger partial charge in [0.15, 0.2) is 6.79 Å². The Bertz CT molecular complexity index is 473. The van der Waals surface area contributed by atoms with Crippen molar-refractivity contribution in [3.8, 4) is 5.75 Å². The molecule has 0 aliphatic carbocycles. The smallest absolute Gasteiger partial charge is 0.189 e. The summed E-state index contributed by atoms with van der Waals surface area (Å²) >= 11 is 6.16. The van der Waals surface area contributed by atoms with Gasteiger partial charge >= 0.3 is 0 Å². The van der Waals surface area contributed by atoms with Crippen LogP contribution in [0.25, 0.3) is 0 Å². The molecular formula is C14H19ClN2O2. The van der Waals surface area contributed by atoms with E-state index in [0.717, 1.165) is 48.0 Å². The van der Waals surface area contributed by atoms with Gasteiger partial charge in [0.05, 0.1) is 6.61 Å². The van der Waals surface area contributed by atoms with Crippen LogP contribution in [-0.4, -0.2) is 25.4 Å². The van der Waals surface area contributed by atoms with Crippen LogP contribution in [0.15, 0.2) is 12.1 Å². The lowest BCUT2D eigenvalue weighted by molar-refractivity contribution is -0.0171. The molecule has 0 bridgehead atoms. The van der Waals surface area contributed by atoms with E-state index in [9.17, 15) is 0 Å². The van der Waals surface area contributed by atoms with Crippen LogP contribution in [0.2, 0.25) is 5.02 Å². The Morgan fingerprint density at radius 3 is 3.16 bits per heavy atom. The first-order valence-electron chi connectivity index (χ1n) is 6.64. The molecule has 1 atom stereocenters. The Kier molecular flexibility index (Phi) is 3.67. The molecule has 3 rings (SSSR count). The lowest BCUT2D eigenvalue weighted by atomic mass is 10.0. The van der Waals surface area contributed by atoms with Crippen LogP contribution in [0.3, 0.4) is 0 Å². The van der Waals surface area contributed by atoms with E-state index in [1.165, 1.54) is 0 Å². The summed E-state index contributed by atoms with van der Waals surface area (Å²) in [7, 11) is 0. The van der Waals surface area contributed by atoms with Crippen molar-refractivity contribution >= 4 is 11.6 Å². The van der Waals surface area contributed by atoms with E-state index >= 15 is 0 Å². The normalized spacial score (nSPS) is 26.0. The number of hydrogen-bond acceptors (Lipinski definition) is 4. The van der Waals surface area contributed by atoms with Crippen molar-refractivity contribution in [1.82, 2.24) is 10.6 Å². The van der Waals surface area contributed by atoms with Crippen molar-refractivity contribution < 1.29 is 9.47 Å². The molecule has 1 aromatic rings. The van der Waals surface area contributed by atoms with Crippen LogP contribution in [0.4, 0.5) is 0 Å². The molecule has 19 heavy (non-hydrogen) atoms. The van der Waals surface area contributed by atoms with Gasteiger partial charge in [0.25, 0.3) is 0 Å². The molecule has 0 radical (unpaired) electrons. The molecule has 1 aromatic carbocycles. The van der Waals surface area contributed by atoms with Gasteiger partial charge in [-0.15, -0.1) is 0 Å². The number of halogens is 1. The zero-order valence-electron chi connectivity index (χ0n) is 11.1. The fourth-order valence-electron chi connectivity index (χ4n) is 2.66. The molecule has 1 saturated heterocycles. The van der Waals surface area contributed by atoms with Gasteiger partial charge in [0.1, 0.15) is 5.75 Å². The van der Waals surface area contributed by atoms with E-state index in [1.807, 2.05) is 12.1 Å². The van der Waals surface area contributed by atoms with E-state index in [-0.39, 0.29) is 5.54 Å².